The van der Waals surface area contributed by atoms with Crippen LogP contribution in [0.1, 0.15) is 15.9 Å². The van der Waals surface area contributed by atoms with Gasteiger partial charge in [0.15, 0.2) is 0 Å². The molecule has 3 N–H and O–H groups in total. The zero-order valence-electron chi connectivity index (χ0n) is 12.6. The first-order valence-corrected chi connectivity index (χ1v) is 7.76. The molecule has 0 unspecified atom stereocenters. The molecule has 6 heteroatoms. The van der Waals surface area contributed by atoms with E-state index in [4.69, 9.17) is 11.6 Å². The van der Waals surface area contributed by atoms with Gasteiger partial charge in [0, 0.05) is 34.1 Å². The Morgan fingerprint density at radius 3 is 2.54 bits per heavy atom. The highest BCUT2D eigenvalue weighted by Crippen LogP contribution is 2.19. The van der Waals surface area contributed by atoms with Gasteiger partial charge < -0.3 is 15.4 Å². The summed E-state index contributed by atoms with van der Waals surface area (Å²) >= 11 is 5.79. The number of carbonyl (C=O) groups is 2. The molecular formula is C18H15ClN2O3. The molecule has 1 atom stereocenters. The van der Waals surface area contributed by atoms with Crippen LogP contribution in [0.25, 0.3) is 10.9 Å². The number of aromatic nitrogens is 1. The number of nitrogens with one attached hydrogen (secondary N) is 2. The van der Waals surface area contributed by atoms with Crippen LogP contribution >= 0.6 is 11.6 Å². The second-order valence-corrected chi connectivity index (χ2v) is 5.87. The number of benzene rings is 2. The minimum absolute atomic E-state index is 0.193. The fourth-order valence-electron chi connectivity index (χ4n) is 2.56. The molecule has 0 saturated carbocycles. The molecule has 1 amide bonds. The summed E-state index contributed by atoms with van der Waals surface area (Å²) in [6.45, 7) is 0. The average Bonchev–Trinajstić information content (AvgIpc) is 2.98. The van der Waals surface area contributed by atoms with Crippen molar-refractivity contribution in [2.24, 2.45) is 0 Å². The monoisotopic (exact) mass is 341 g/mol. The second kappa shape index (κ2) is 6.76. The van der Waals surface area contributed by atoms with Crippen LogP contribution in [0.3, 0.4) is 0 Å². The van der Waals surface area contributed by atoms with Crippen molar-refractivity contribution < 1.29 is 14.7 Å². The van der Waals surface area contributed by atoms with Gasteiger partial charge in [-0.2, -0.15) is 0 Å². The van der Waals surface area contributed by atoms with E-state index in [-0.39, 0.29) is 6.42 Å². The fourth-order valence-corrected chi connectivity index (χ4v) is 2.69. The van der Waals surface area contributed by atoms with E-state index in [0.717, 1.165) is 16.5 Å². The predicted molar refractivity (Wildman–Crippen MR) is 92.3 cm³/mol. The van der Waals surface area contributed by atoms with Crippen molar-refractivity contribution in [3.63, 3.8) is 0 Å². The molecule has 0 aliphatic carbocycles. The Kier molecular flexibility index (Phi) is 4.53. The van der Waals surface area contributed by atoms with Crippen molar-refractivity contribution >= 4 is 34.4 Å². The Morgan fingerprint density at radius 2 is 1.83 bits per heavy atom. The van der Waals surface area contributed by atoms with Crippen LogP contribution in [0.2, 0.25) is 5.02 Å². The van der Waals surface area contributed by atoms with Crippen LogP contribution in [0.15, 0.2) is 54.7 Å². The van der Waals surface area contributed by atoms with Crippen LogP contribution in [-0.2, 0) is 11.2 Å². The van der Waals surface area contributed by atoms with Crippen molar-refractivity contribution in [1.29, 1.82) is 0 Å². The molecule has 5 nitrogen and oxygen atoms in total. The Hall–Kier alpha value is -2.79. The lowest BCUT2D eigenvalue weighted by molar-refractivity contribution is -0.139. The zero-order chi connectivity index (χ0) is 17.1. The summed E-state index contributed by atoms with van der Waals surface area (Å²) in [4.78, 5) is 26.9. The van der Waals surface area contributed by atoms with Crippen molar-refractivity contribution in [3.05, 3.63) is 70.9 Å². The third-order valence-corrected chi connectivity index (χ3v) is 4.06. The molecular weight excluding hydrogens is 327 g/mol. The van der Waals surface area contributed by atoms with Crippen LogP contribution in [0, 0.1) is 0 Å². The molecule has 24 heavy (non-hydrogen) atoms. The zero-order valence-corrected chi connectivity index (χ0v) is 13.4. The minimum atomic E-state index is -1.08. The number of fused-ring (bicyclic) bond motifs is 1. The number of carbonyl (C=O) groups excluding carboxylic acids is 1. The molecule has 0 saturated heterocycles. The van der Waals surface area contributed by atoms with Gasteiger partial charge >= 0.3 is 5.97 Å². The molecule has 0 bridgehead atoms. The standard InChI is InChI=1S/C18H15ClN2O3/c19-13-7-5-11(6-8-13)17(22)21-16(18(23)24)9-12-10-20-15-4-2-1-3-14(12)15/h1-8,10,16,20H,9H2,(H,21,22)(H,23,24)/t16-/m0/s1/i17-1. The Morgan fingerprint density at radius 1 is 1.12 bits per heavy atom. The summed E-state index contributed by atoms with van der Waals surface area (Å²) < 4.78 is 0. The molecule has 3 rings (SSSR count). The number of H-pyrrole nitrogens is 1. The molecule has 3 aromatic rings. The van der Waals surface area contributed by atoms with Gasteiger partial charge in [0.1, 0.15) is 6.04 Å². The van der Waals surface area contributed by atoms with E-state index in [1.54, 1.807) is 30.5 Å². The van der Waals surface area contributed by atoms with Crippen molar-refractivity contribution in [3.8, 4) is 0 Å². The van der Waals surface area contributed by atoms with Gasteiger partial charge in [0.25, 0.3) is 5.91 Å². The predicted octanol–water partition coefficient (Wildman–Crippen LogP) is 3.25. The topological polar surface area (TPSA) is 82.2 Å². The number of aromatic amines is 1. The molecule has 2 aromatic carbocycles. The van der Waals surface area contributed by atoms with E-state index in [1.165, 1.54) is 0 Å². The van der Waals surface area contributed by atoms with Crippen LogP contribution in [0.4, 0.5) is 0 Å². The first kappa shape index (κ1) is 16.1. The number of halogens is 1. The van der Waals surface area contributed by atoms with Gasteiger partial charge in [-0.05, 0) is 35.9 Å². The lowest BCUT2D eigenvalue weighted by atomic mass is 9.87. The maximum Gasteiger partial charge on any atom is 0.326 e. The molecule has 1 heterocycles. The van der Waals surface area contributed by atoms with E-state index in [1.807, 2.05) is 24.3 Å². The Bertz CT molecular complexity index is 887. The lowest BCUT2D eigenvalue weighted by Crippen LogP contribution is -2.42. The molecule has 122 valence electrons. The molecule has 0 spiro atoms. The quantitative estimate of drug-likeness (QED) is 0.666. The first-order valence-electron chi connectivity index (χ1n) is 7.39. The number of aliphatic carboxylic acids is 1. The number of carboxylic acids is 1. The van der Waals surface area contributed by atoms with Crippen LogP contribution in [0.5, 0.6) is 0 Å². The van der Waals surface area contributed by atoms with Gasteiger partial charge in [-0.15, -0.1) is 0 Å². The molecule has 0 radical (unpaired) electrons. The van der Waals surface area contributed by atoms with Gasteiger partial charge in [-0.3, -0.25) is 4.79 Å². The van der Waals surface area contributed by atoms with Gasteiger partial charge in [0.05, 0.1) is 0 Å². The number of para-hydroxylation sites is 1. The Balaban J connectivity index is 1.79. The third kappa shape index (κ3) is 3.41. The summed E-state index contributed by atoms with van der Waals surface area (Å²) in [5.74, 6) is -1.53. The van der Waals surface area contributed by atoms with Crippen molar-refractivity contribution in [2.45, 2.75) is 12.5 Å². The van der Waals surface area contributed by atoms with Crippen molar-refractivity contribution in [2.75, 3.05) is 0 Å². The van der Waals surface area contributed by atoms with E-state index in [0.29, 0.717) is 10.6 Å². The smallest absolute Gasteiger partial charge is 0.326 e. The fraction of sp³-hybridized carbons (Fsp3) is 0.111. The number of carboxylic acid groups (broad SMARTS) is 1. The number of amides is 1. The summed E-state index contributed by atoms with van der Waals surface area (Å²) in [7, 11) is 0. The van der Waals surface area contributed by atoms with Crippen LogP contribution in [-0.4, -0.2) is 28.0 Å². The maximum absolute atomic E-state index is 12.2. The largest absolute Gasteiger partial charge is 0.480 e. The summed E-state index contributed by atoms with van der Waals surface area (Å²) in [5.41, 5.74) is 2.14. The second-order valence-electron chi connectivity index (χ2n) is 5.43. The average molecular weight is 342 g/mol. The van der Waals surface area contributed by atoms with E-state index >= 15 is 0 Å². The van der Waals surface area contributed by atoms with E-state index in [2.05, 4.69) is 10.3 Å². The van der Waals surface area contributed by atoms with E-state index < -0.39 is 17.9 Å². The number of hydrogen-bond acceptors (Lipinski definition) is 2. The highest BCUT2D eigenvalue weighted by atomic mass is 35.5. The summed E-state index contributed by atoms with van der Waals surface area (Å²) in [6.07, 6.45) is 1.97. The van der Waals surface area contributed by atoms with E-state index in [9.17, 15) is 14.7 Å². The highest BCUT2D eigenvalue weighted by molar-refractivity contribution is 6.30. The van der Waals surface area contributed by atoms with Gasteiger partial charge in [0.2, 0.25) is 0 Å². The molecule has 0 aliphatic rings. The first-order chi connectivity index (χ1) is 11.5. The Labute approximate surface area is 143 Å². The summed E-state index contributed by atoms with van der Waals surface area (Å²) in [6, 6.07) is 12.9. The number of rotatable bonds is 5. The van der Waals surface area contributed by atoms with Crippen LogP contribution < -0.4 is 5.32 Å². The summed E-state index contributed by atoms with van der Waals surface area (Å²) in [5, 5.41) is 13.5. The molecule has 1 aromatic heterocycles. The maximum atomic E-state index is 12.2. The molecule has 0 fully saturated rings. The minimum Gasteiger partial charge on any atom is -0.480 e. The third-order valence-electron chi connectivity index (χ3n) is 3.81. The molecule has 0 aliphatic heterocycles. The van der Waals surface area contributed by atoms with Gasteiger partial charge in [-0.25, -0.2) is 4.79 Å². The van der Waals surface area contributed by atoms with Crippen molar-refractivity contribution in [1.82, 2.24) is 10.3 Å². The SMILES string of the molecule is O=C(O)[C@H](Cc1c[nH]c2ccccc12)N[11C](=O)c1ccc(Cl)cc1. The number of hydrogen-bond donors (Lipinski definition) is 3. The highest BCUT2D eigenvalue weighted by Gasteiger charge is 2.22. The normalized spacial score (nSPS) is 12.0. The lowest BCUT2D eigenvalue weighted by Gasteiger charge is -2.14. The van der Waals surface area contributed by atoms with Gasteiger partial charge in [-0.1, -0.05) is 29.8 Å².